The lowest BCUT2D eigenvalue weighted by Gasteiger charge is -2.12. The largest absolute Gasteiger partial charge is 0.411 e. The maximum atomic E-state index is 12.2. The van der Waals surface area contributed by atoms with E-state index >= 15 is 0 Å². The lowest BCUT2D eigenvalue weighted by molar-refractivity contribution is -0.176. The number of nitrogens with one attached hydrogen (secondary N) is 2. The van der Waals surface area contributed by atoms with Crippen LogP contribution in [0.1, 0.15) is 23.6 Å². The van der Waals surface area contributed by atoms with Crippen molar-refractivity contribution in [1.82, 2.24) is 20.4 Å². The molecule has 2 N–H and O–H groups in total. The van der Waals surface area contributed by atoms with Gasteiger partial charge < -0.3 is 15.4 Å². The molecule has 0 fully saturated rings. The van der Waals surface area contributed by atoms with Crippen molar-refractivity contribution in [1.29, 1.82) is 0 Å². The average molecular weight is 445 g/mol. The third-order valence-corrected chi connectivity index (χ3v) is 4.49. The fraction of sp³-hybridized carbons (Fsp3) is 0.304. The molecule has 3 aromatic rings. The normalized spacial score (nSPS) is 12.1. The van der Waals surface area contributed by atoms with Crippen LogP contribution in [0.5, 0.6) is 0 Å². The first-order valence-electron chi connectivity index (χ1n) is 10.3. The standard InChI is InChI=1S/C23H26F3N5O/c1-2-27-22(29-15-19-8-10-21(11-9-19)31-13-3-12-30-31)28-14-18-4-6-20(7-5-18)16-32-17-23(24,25)26/h3-13H,2,14-17H2,1H3,(H2,27,28,29). The van der Waals surface area contributed by atoms with Crippen LogP contribution in [0.15, 0.2) is 72.0 Å². The number of aromatic nitrogens is 2. The van der Waals surface area contributed by atoms with Gasteiger partial charge in [-0.15, -0.1) is 0 Å². The van der Waals surface area contributed by atoms with Gasteiger partial charge >= 0.3 is 6.18 Å². The van der Waals surface area contributed by atoms with Gasteiger partial charge in [-0.25, -0.2) is 9.67 Å². The number of benzene rings is 2. The first-order chi connectivity index (χ1) is 15.4. The van der Waals surface area contributed by atoms with Crippen molar-refractivity contribution >= 4 is 5.96 Å². The summed E-state index contributed by atoms with van der Waals surface area (Å²) in [6, 6.07) is 17.1. The minimum Gasteiger partial charge on any atom is -0.367 e. The van der Waals surface area contributed by atoms with Gasteiger partial charge in [-0.2, -0.15) is 18.3 Å². The molecule has 1 aromatic heterocycles. The summed E-state index contributed by atoms with van der Waals surface area (Å²) in [5.74, 6) is 0.682. The Labute approximate surface area is 185 Å². The van der Waals surface area contributed by atoms with E-state index < -0.39 is 12.8 Å². The van der Waals surface area contributed by atoms with Crippen LogP contribution in [-0.4, -0.2) is 35.1 Å². The zero-order valence-electron chi connectivity index (χ0n) is 17.8. The number of hydrogen-bond donors (Lipinski definition) is 2. The summed E-state index contributed by atoms with van der Waals surface area (Å²) >= 11 is 0. The molecule has 9 heteroatoms. The van der Waals surface area contributed by atoms with Gasteiger partial charge in [-0.1, -0.05) is 36.4 Å². The van der Waals surface area contributed by atoms with E-state index in [-0.39, 0.29) is 6.61 Å². The molecule has 0 atom stereocenters. The third-order valence-electron chi connectivity index (χ3n) is 4.49. The summed E-state index contributed by atoms with van der Waals surface area (Å²) in [5.41, 5.74) is 3.73. The van der Waals surface area contributed by atoms with Crippen LogP contribution in [0.3, 0.4) is 0 Å². The first-order valence-corrected chi connectivity index (χ1v) is 10.3. The minimum atomic E-state index is -4.31. The van der Waals surface area contributed by atoms with E-state index in [0.717, 1.165) is 23.4 Å². The predicted octanol–water partition coefficient (Wildman–Crippen LogP) is 4.21. The second kappa shape index (κ2) is 11.3. The maximum Gasteiger partial charge on any atom is 0.411 e. The Morgan fingerprint density at radius 1 is 1.00 bits per heavy atom. The van der Waals surface area contributed by atoms with Crippen molar-refractivity contribution in [2.45, 2.75) is 32.8 Å². The van der Waals surface area contributed by atoms with Gasteiger partial charge in [0.1, 0.15) is 6.61 Å². The van der Waals surface area contributed by atoms with Crippen LogP contribution in [-0.2, 0) is 24.4 Å². The van der Waals surface area contributed by atoms with E-state index in [2.05, 4.69) is 25.5 Å². The second-order valence-electron chi connectivity index (χ2n) is 7.09. The number of guanidine groups is 1. The lowest BCUT2D eigenvalue weighted by Crippen LogP contribution is -2.36. The molecular weight excluding hydrogens is 419 g/mol. The fourth-order valence-electron chi connectivity index (χ4n) is 2.91. The SMILES string of the molecule is CCNC(=NCc1ccc(-n2cccn2)cc1)NCc1ccc(COCC(F)(F)F)cc1. The van der Waals surface area contributed by atoms with Crippen molar-refractivity contribution in [3.05, 3.63) is 83.7 Å². The number of alkyl halides is 3. The molecule has 1 heterocycles. The molecule has 3 rings (SSSR count). The highest BCUT2D eigenvalue weighted by Crippen LogP contribution is 2.16. The van der Waals surface area contributed by atoms with E-state index in [1.807, 2.05) is 55.6 Å². The Balaban J connectivity index is 1.50. The smallest absolute Gasteiger partial charge is 0.367 e. The molecule has 0 radical (unpaired) electrons. The summed E-state index contributed by atoms with van der Waals surface area (Å²) < 4.78 is 42.9. The van der Waals surface area contributed by atoms with E-state index in [0.29, 0.717) is 24.6 Å². The van der Waals surface area contributed by atoms with Crippen LogP contribution in [0.4, 0.5) is 13.2 Å². The highest BCUT2D eigenvalue weighted by atomic mass is 19.4. The number of rotatable bonds is 9. The van der Waals surface area contributed by atoms with Crippen LogP contribution < -0.4 is 10.6 Å². The van der Waals surface area contributed by atoms with Gasteiger partial charge in [0.25, 0.3) is 0 Å². The molecular formula is C23H26F3N5O. The minimum absolute atomic E-state index is 0.0729. The summed E-state index contributed by atoms with van der Waals surface area (Å²) in [7, 11) is 0. The third kappa shape index (κ3) is 7.73. The molecule has 32 heavy (non-hydrogen) atoms. The maximum absolute atomic E-state index is 12.2. The highest BCUT2D eigenvalue weighted by Gasteiger charge is 2.27. The Morgan fingerprint density at radius 2 is 1.69 bits per heavy atom. The molecule has 0 aliphatic carbocycles. The molecule has 0 aliphatic heterocycles. The number of halogens is 3. The van der Waals surface area contributed by atoms with Gasteiger partial charge in [0.15, 0.2) is 5.96 Å². The van der Waals surface area contributed by atoms with E-state index in [4.69, 9.17) is 0 Å². The highest BCUT2D eigenvalue weighted by molar-refractivity contribution is 5.79. The zero-order valence-corrected chi connectivity index (χ0v) is 17.8. The molecule has 0 saturated heterocycles. The van der Waals surface area contributed by atoms with Crippen LogP contribution in [0.2, 0.25) is 0 Å². The van der Waals surface area contributed by atoms with E-state index in [1.54, 1.807) is 23.0 Å². The quantitative estimate of drug-likeness (QED) is 0.383. The van der Waals surface area contributed by atoms with Gasteiger partial charge in [0, 0.05) is 25.5 Å². The van der Waals surface area contributed by atoms with Crippen molar-refractivity contribution in [3.8, 4) is 5.69 Å². The second-order valence-corrected chi connectivity index (χ2v) is 7.09. The van der Waals surface area contributed by atoms with Gasteiger partial charge in [0.2, 0.25) is 0 Å². The molecule has 6 nitrogen and oxygen atoms in total. The summed E-state index contributed by atoms with van der Waals surface area (Å²) in [6.07, 6.45) is -0.683. The van der Waals surface area contributed by atoms with Crippen LogP contribution >= 0.6 is 0 Å². The zero-order chi connectivity index (χ0) is 22.8. The topological polar surface area (TPSA) is 63.5 Å². The Morgan fingerprint density at radius 3 is 2.31 bits per heavy atom. The number of ether oxygens (including phenoxy) is 1. The first kappa shape index (κ1) is 23.3. The molecule has 0 spiro atoms. The molecule has 0 saturated carbocycles. The number of nitrogens with zero attached hydrogens (tertiary/aromatic N) is 3. The summed E-state index contributed by atoms with van der Waals surface area (Å²) in [5, 5.41) is 10.7. The van der Waals surface area contributed by atoms with Crippen molar-refractivity contribution in [2.75, 3.05) is 13.2 Å². The summed E-state index contributed by atoms with van der Waals surface area (Å²) in [4.78, 5) is 4.62. The van der Waals surface area contributed by atoms with Crippen molar-refractivity contribution in [2.24, 2.45) is 4.99 Å². The van der Waals surface area contributed by atoms with Gasteiger partial charge in [0.05, 0.1) is 18.8 Å². The van der Waals surface area contributed by atoms with Crippen molar-refractivity contribution in [3.63, 3.8) is 0 Å². The monoisotopic (exact) mass is 445 g/mol. The van der Waals surface area contributed by atoms with E-state index in [1.165, 1.54) is 0 Å². The van der Waals surface area contributed by atoms with Crippen LogP contribution in [0, 0.1) is 0 Å². The summed E-state index contributed by atoms with van der Waals surface area (Å²) in [6.45, 7) is 2.45. The average Bonchev–Trinajstić information content (AvgIpc) is 3.31. The van der Waals surface area contributed by atoms with Gasteiger partial charge in [-0.05, 0) is 41.8 Å². The molecule has 2 aromatic carbocycles. The molecule has 170 valence electrons. The molecule has 0 amide bonds. The Kier molecular flexibility index (Phi) is 8.27. The lowest BCUT2D eigenvalue weighted by atomic mass is 10.1. The van der Waals surface area contributed by atoms with E-state index in [9.17, 15) is 13.2 Å². The number of aliphatic imine (C=N–C) groups is 1. The fourth-order valence-corrected chi connectivity index (χ4v) is 2.91. The van der Waals surface area contributed by atoms with Crippen LogP contribution in [0.25, 0.3) is 5.69 Å². The van der Waals surface area contributed by atoms with Gasteiger partial charge in [-0.3, -0.25) is 0 Å². The Hall–Kier alpha value is -3.33. The number of hydrogen-bond acceptors (Lipinski definition) is 3. The molecule has 0 unspecified atom stereocenters. The van der Waals surface area contributed by atoms with Crippen molar-refractivity contribution < 1.29 is 17.9 Å². The molecule has 0 bridgehead atoms. The predicted molar refractivity (Wildman–Crippen MR) is 117 cm³/mol. The Bertz CT molecular complexity index is 968. The molecule has 0 aliphatic rings.